The Bertz CT molecular complexity index is 672. The van der Waals surface area contributed by atoms with Crippen LogP contribution in [-0.4, -0.2) is 16.4 Å². The van der Waals surface area contributed by atoms with Gasteiger partial charge in [0, 0.05) is 5.56 Å². The molecule has 3 rings (SSSR count). The van der Waals surface area contributed by atoms with E-state index in [2.05, 4.69) is 17.2 Å². The highest BCUT2D eigenvalue weighted by Crippen LogP contribution is 2.23. The standard InChI is InChI=1S/C17H16N2O/c1-2-20-16-10-8-15(9-11-16)19-17(12-13-18-19)14-6-4-3-5-7-14/h3-13H,2H2,1H3. The van der Waals surface area contributed by atoms with Crippen LogP contribution in [0.2, 0.25) is 0 Å². The monoisotopic (exact) mass is 264 g/mol. The molecule has 0 aliphatic heterocycles. The van der Waals surface area contributed by atoms with Gasteiger partial charge in [-0.15, -0.1) is 0 Å². The van der Waals surface area contributed by atoms with E-state index in [0.29, 0.717) is 6.61 Å². The molecule has 0 N–H and O–H groups in total. The summed E-state index contributed by atoms with van der Waals surface area (Å²) in [5.74, 6) is 0.879. The zero-order valence-electron chi connectivity index (χ0n) is 11.4. The summed E-state index contributed by atoms with van der Waals surface area (Å²) in [6, 6.07) is 20.2. The van der Waals surface area contributed by atoms with E-state index < -0.39 is 0 Å². The van der Waals surface area contributed by atoms with Crippen LogP contribution < -0.4 is 4.74 Å². The van der Waals surface area contributed by atoms with Crippen molar-refractivity contribution in [1.82, 2.24) is 9.78 Å². The van der Waals surface area contributed by atoms with E-state index in [4.69, 9.17) is 4.74 Å². The van der Waals surface area contributed by atoms with E-state index in [1.54, 1.807) is 0 Å². The van der Waals surface area contributed by atoms with Crippen molar-refractivity contribution < 1.29 is 4.74 Å². The highest BCUT2D eigenvalue weighted by atomic mass is 16.5. The summed E-state index contributed by atoms with van der Waals surface area (Å²) >= 11 is 0. The Morgan fingerprint density at radius 1 is 0.950 bits per heavy atom. The third kappa shape index (κ3) is 2.43. The number of benzene rings is 2. The second kappa shape index (κ2) is 5.61. The Kier molecular flexibility index (Phi) is 3.50. The minimum Gasteiger partial charge on any atom is -0.494 e. The number of aromatic nitrogens is 2. The molecule has 100 valence electrons. The van der Waals surface area contributed by atoms with Gasteiger partial charge >= 0.3 is 0 Å². The summed E-state index contributed by atoms with van der Waals surface area (Å²) in [4.78, 5) is 0. The lowest BCUT2D eigenvalue weighted by Gasteiger charge is -2.09. The van der Waals surface area contributed by atoms with E-state index in [1.165, 1.54) is 0 Å². The molecule has 3 nitrogen and oxygen atoms in total. The summed E-state index contributed by atoms with van der Waals surface area (Å²) in [7, 11) is 0. The summed E-state index contributed by atoms with van der Waals surface area (Å²) in [5, 5.41) is 4.41. The summed E-state index contributed by atoms with van der Waals surface area (Å²) in [5.41, 5.74) is 3.26. The van der Waals surface area contributed by atoms with E-state index in [1.807, 2.05) is 66.3 Å². The summed E-state index contributed by atoms with van der Waals surface area (Å²) < 4.78 is 7.40. The zero-order valence-corrected chi connectivity index (χ0v) is 11.4. The van der Waals surface area contributed by atoms with Gasteiger partial charge in [0.1, 0.15) is 5.75 Å². The lowest BCUT2D eigenvalue weighted by Crippen LogP contribution is -1.99. The number of ether oxygens (including phenoxy) is 1. The molecule has 1 aromatic heterocycles. The minimum absolute atomic E-state index is 0.677. The molecule has 0 aliphatic rings. The molecule has 0 amide bonds. The molecule has 0 unspecified atom stereocenters. The molecule has 2 aromatic carbocycles. The number of hydrogen-bond acceptors (Lipinski definition) is 2. The molecule has 20 heavy (non-hydrogen) atoms. The smallest absolute Gasteiger partial charge is 0.119 e. The first-order chi connectivity index (χ1) is 9.88. The van der Waals surface area contributed by atoms with Gasteiger partial charge in [0.25, 0.3) is 0 Å². The van der Waals surface area contributed by atoms with Crippen molar-refractivity contribution in [1.29, 1.82) is 0 Å². The molecule has 3 heteroatoms. The Morgan fingerprint density at radius 2 is 1.70 bits per heavy atom. The first kappa shape index (κ1) is 12.5. The molecule has 0 aliphatic carbocycles. The Balaban J connectivity index is 1.97. The van der Waals surface area contributed by atoms with Crippen LogP contribution in [0, 0.1) is 0 Å². The SMILES string of the molecule is CCOc1ccc(-n2nccc2-c2ccccc2)cc1. The van der Waals surface area contributed by atoms with Crippen molar-refractivity contribution in [3.05, 3.63) is 66.9 Å². The van der Waals surface area contributed by atoms with E-state index >= 15 is 0 Å². The summed E-state index contributed by atoms with van der Waals surface area (Å²) in [6.45, 7) is 2.66. The summed E-state index contributed by atoms with van der Waals surface area (Å²) in [6.07, 6.45) is 1.82. The van der Waals surface area contributed by atoms with Crippen LogP contribution in [0.3, 0.4) is 0 Å². The minimum atomic E-state index is 0.677. The van der Waals surface area contributed by atoms with Crippen LogP contribution in [0.25, 0.3) is 16.9 Å². The molecule has 0 fully saturated rings. The van der Waals surface area contributed by atoms with Crippen LogP contribution in [0.1, 0.15) is 6.92 Å². The van der Waals surface area contributed by atoms with Crippen LogP contribution in [0.15, 0.2) is 66.9 Å². The van der Waals surface area contributed by atoms with Gasteiger partial charge in [-0.2, -0.15) is 5.10 Å². The molecule has 0 bridgehead atoms. The molecule has 0 spiro atoms. The van der Waals surface area contributed by atoms with Crippen molar-refractivity contribution in [3.8, 4) is 22.7 Å². The Hall–Kier alpha value is -2.55. The first-order valence-electron chi connectivity index (χ1n) is 6.71. The highest BCUT2D eigenvalue weighted by Gasteiger charge is 2.06. The fraction of sp³-hybridized carbons (Fsp3) is 0.118. The van der Waals surface area contributed by atoms with Gasteiger partial charge in [-0.1, -0.05) is 30.3 Å². The molecular formula is C17H16N2O. The average molecular weight is 264 g/mol. The maximum absolute atomic E-state index is 5.46. The van der Waals surface area contributed by atoms with Gasteiger partial charge < -0.3 is 4.74 Å². The van der Waals surface area contributed by atoms with Crippen molar-refractivity contribution in [2.45, 2.75) is 6.92 Å². The molecule has 3 aromatic rings. The van der Waals surface area contributed by atoms with E-state index in [9.17, 15) is 0 Å². The molecule has 0 atom stereocenters. The van der Waals surface area contributed by atoms with Crippen molar-refractivity contribution >= 4 is 0 Å². The molecule has 0 saturated carbocycles. The average Bonchev–Trinajstić information content (AvgIpc) is 2.99. The molecule has 0 radical (unpaired) electrons. The van der Waals surface area contributed by atoms with Crippen molar-refractivity contribution in [2.24, 2.45) is 0 Å². The second-order valence-electron chi connectivity index (χ2n) is 4.42. The normalized spacial score (nSPS) is 10.4. The van der Waals surface area contributed by atoms with Crippen molar-refractivity contribution in [3.63, 3.8) is 0 Å². The fourth-order valence-corrected chi connectivity index (χ4v) is 2.19. The third-order valence-corrected chi connectivity index (χ3v) is 3.10. The predicted octanol–water partition coefficient (Wildman–Crippen LogP) is 3.94. The van der Waals surface area contributed by atoms with Gasteiger partial charge in [0.2, 0.25) is 0 Å². The maximum Gasteiger partial charge on any atom is 0.119 e. The molecule has 0 saturated heterocycles. The van der Waals surface area contributed by atoms with Gasteiger partial charge in [-0.25, -0.2) is 4.68 Å². The predicted molar refractivity (Wildman–Crippen MR) is 80.2 cm³/mol. The quantitative estimate of drug-likeness (QED) is 0.713. The van der Waals surface area contributed by atoms with Crippen LogP contribution in [-0.2, 0) is 0 Å². The number of hydrogen-bond donors (Lipinski definition) is 0. The lowest BCUT2D eigenvalue weighted by atomic mass is 10.1. The topological polar surface area (TPSA) is 27.1 Å². The van der Waals surface area contributed by atoms with Gasteiger partial charge in [-0.3, -0.25) is 0 Å². The molecule has 1 heterocycles. The Morgan fingerprint density at radius 3 is 2.40 bits per heavy atom. The zero-order chi connectivity index (χ0) is 13.8. The van der Waals surface area contributed by atoms with Gasteiger partial charge in [0.15, 0.2) is 0 Å². The van der Waals surface area contributed by atoms with Crippen LogP contribution in [0.5, 0.6) is 5.75 Å². The van der Waals surface area contributed by atoms with Gasteiger partial charge in [0.05, 0.1) is 24.2 Å². The van der Waals surface area contributed by atoms with Crippen molar-refractivity contribution in [2.75, 3.05) is 6.61 Å². The molecular weight excluding hydrogens is 248 g/mol. The van der Waals surface area contributed by atoms with Crippen LogP contribution in [0.4, 0.5) is 0 Å². The largest absolute Gasteiger partial charge is 0.494 e. The Labute approximate surface area is 118 Å². The number of rotatable bonds is 4. The lowest BCUT2D eigenvalue weighted by molar-refractivity contribution is 0.340. The van der Waals surface area contributed by atoms with E-state index in [0.717, 1.165) is 22.7 Å². The maximum atomic E-state index is 5.46. The number of nitrogens with zero attached hydrogens (tertiary/aromatic N) is 2. The third-order valence-electron chi connectivity index (χ3n) is 3.10. The van der Waals surface area contributed by atoms with Crippen LogP contribution >= 0.6 is 0 Å². The first-order valence-corrected chi connectivity index (χ1v) is 6.71. The van der Waals surface area contributed by atoms with E-state index in [-0.39, 0.29) is 0 Å². The second-order valence-corrected chi connectivity index (χ2v) is 4.42. The highest BCUT2D eigenvalue weighted by molar-refractivity contribution is 5.61. The van der Waals surface area contributed by atoms with Gasteiger partial charge in [-0.05, 0) is 37.3 Å². The fourth-order valence-electron chi connectivity index (χ4n) is 2.19.